The highest BCUT2D eigenvalue weighted by molar-refractivity contribution is 6.13. The van der Waals surface area contributed by atoms with Crippen molar-refractivity contribution in [3.05, 3.63) is 90.4 Å². The van der Waals surface area contributed by atoms with Crippen LogP contribution in [0.1, 0.15) is 36.7 Å². The molecule has 6 nitrogen and oxygen atoms in total. The number of aromatic amines is 1. The van der Waals surface area contributed by atoms with Gasteiger partial charge in [-0.2, -0.15) is 0 Å². The van der Waals surface area contributed by atoms with Crippen LogP contribution in [0.4, 0.5) is 5.69 Å². The maximum absolute atomic E-state index is 13.0. The van der Waals surface area contributed by atoms with Gasteiger partial charge in [-0.3, -0.25) is 4.79 Å². The molecule has 3 aromatic carbocycles. The van der Waals surface area contributed by atoms with E-state index in [4.69, 9.17) is 4.74 Å². The molecule has 2 aromatic heterocycles. The molecule has 6 heteroatoms. The first kappa shape index (κ1) is 20.7. The van der Waals surface area contributed by atoms with Crippen LogP contribution in [-0.4, -0.2) is 20.9 Å². The molecular formula is C27H24N4O2. The Morgan fingerprint density at radius 3 is 2.55 bits per heavy atom. The van der Waals surface area contributed by atoms with Gasteiger partial charge in [0.2, 0.25) is 5.88 Å². The number of hydrogen-bond acceptors (Lipinski definition) is 4. The molecule has 0 aliphatic heterocycles. The van der Waals surface area contributed by atoms with Crippen LogP contribution in [0.25, 0.3) is 21.8 Å². The van der Waals surface area contributed by atoms with Gasteiger partial charge in [-0.15, -0.1) is 0 Å². The number of nitrogens with zero attached hydrogens (tertiary/aromatic N) is 2. The summed E-state index contributed by atoms with van der Waals surface area (Å²) >= 11 is 0. The minimum atomic E-state index is -0.150. The van der Waals surface area contributed by atoms with Gasteiger partial charge in [0.1, 0.15) is 17.7 Å². The zero-order valence-electron chi connectivity index (χ0n) is 18.7. The summed E-state index contributed by atoms with van der Waals surface area (Å²) in [5.41, 5.74) is 3.38. The Morgan fingerprint density at radius 2 is 1.76 bits per heavy atom. The lowest BCUT2D eigenvalue weighted by atomic mass is 9.87. The third-order valence-electron chi connectivity index (χ3n) is 5.64. The third kappa shape index (κ3) is 4.15. The quantitative estimate of drug-likeness (QED) is 0.339. The van der Waals surface area contributed by atoms with Crippen molar-refractivity contribution in [1.82, 2.24) is 15.0 Å². The minimum absolute atomic E-state index is 0.0661. The maximum atomic E-state index is 13.0. The van der Waals surface area contributed by atoms with Crippen LogP contribution >= 0.6 is 0 Å². The number of rotatable bonds is 4. The Morgan fingerprint density at radius 1 is 0.939 bits per heavy atom. The van der Waals surface area contributed by atoms with Crippen molar-refractivity contribution < 1.29 is 9.53 Å². The van der Waals surface area contributed by atoms with E-state index in [2.05, 4.69) is 53.2 Å². The smallest absolute Gasteiger partial charge is 0.256 e. The molecule has 5 aromatic rings. The van der Waals surface area contributed by atoms with Crippen molar-refractivity contribution in [1.29, 1.82) is 0 Å². The van der Waals surface area contributed by atoms with E-state index in [1.165, 1.54) is 11.9 Å². The van der Waals surface area contributed by atoms with Crippen LogP contribution in [-0.2, 0) is 5.41 Å². The number of benzene rings is 3. The number of carbonyl (C=O) groups is 1. The van der Waals surface area contributed by atoms with Crippen LogP contribution in [0.2, 0.25) is 0 Å². The maximum Gasteiger partial charge on any atom is 0.256 e. The molecule has 2 heterocycles. The number of fused-ring (bicyclic) bond motifs is 2. The largest absolute Gasteiger partial charge is 0.438 e. The lowest BCUT2D eigenvalue weighted by Gasteiger charge is -2.19. The van der Waals surface area contributed by atoms with Gasteiger partial charge in [0.25, 0.3) is 5.91 Å². The van der Waals surface area contributed by atoms with Gasteiger partial charge < -0.3 is 15.0 Å². The van der Waals surface area contributed by atoms with Crippen LogP contribution in [0.3, 0.4) is 0 Å². The molecule has 0 aliphatic carbocycles. The number of carbonyl (C=O) groups excluding carboxylic acids is 1. The molecule has 164 valence electrons. The highest BCUT2D eigenvalue weighted by atomic mass is 16.5. The average Bonchev–Trinajstić information content (AvgIpc) is 3.28. The molecule has 0 saturated heterocycles. The minimum Gasteiger partial charge on any atom is -0.438 e. The van der Waals surface area contributed by atoms with E-state index in [1.807, 2.05) is 54.6 Å². The molecular weight excluding hydrogens is 412 g/mol. The molecule has 1 amide bonds. The topological polar surface area (TPSA) is 79.9 Å². The van der Waals surface area contributed by atoms with Gasteiger partial charge in [-0.25, -0.2) is 9.97 Å². The van der Waals surface area contributed by atoms with Crippen molar-refractivity contribution in [2.75, 3.05) is 5.32 Å². The third-order valence-corrected chi connectivity index (χ3v) is 5.64. The van der Waals surface area contributed by atoms with Gasteiger partial charge in [0.15, 0.2) is 0 Å². The molecule has 0 aliphatic rings. The van der Waals surface area contributed by atoms with E-state index in [1.54, 1.807) is 6.20 Å². The molecule has 0 spiro atoms. The van der Waals surface area contributed by atoms with E-state index in [-0.39, 0.29) is 11.3 Å². The average molecular weight is 437 g/mol. The number of anilines is 1. The lowest BCUT2D eigenvalue weighted by molar-refractivity contribution is 0.102. The molecule has 33 heavy (non-hydrogen) atoms. The molecule has 0 atom stereocenters. The number of amides is 1. The second-order valence-corrected chi connectivity index (χ2v) is 8.99. The fraction of sp³-hybridized carbons (Fsp3) is 0.148. The van der Waals surface area contributed by atoms with E-state index in [0.717, 1.165) is 27.5 Å². The second-order valence-electron chi connectivity index (χ2n) is 8.99. The Kier molecular flexibility index (Phi) is 5.05. The lowest BCUT2D eigenvalue weighted by Crippen LogP contribution is -2.14. The summed E-state index contributed by atoms with van der Waals surface area (Å²) in [7, 11) is 0. The van der Waals surface area contributed by atoms with Gasteiger partial charge >= 0.3 is 0 Å². The molecule has 0 saturated carbocycles. The fourth-order valence-electron chi connectivity index (χ4n) is 3.82. The normalized spacial score (nSPS) is 11.6. The summed E-state index contributed by atoms with van der Waals surface area (Å²) in [4.78, 5) is 24.5. The first-order chi connectivity index (χ1) is 15.9. The zero-order chi connectivity index (χ0) is 23.0. The van der Waals surface area contributed by atoms with Crippen molar-refractivity contribution in [3.8, 4) is 11.6 Å². The van der Waals surface area contributed by atoms with E-state index in [9.17, 15) is 4.79 Å². The Balaban J connectivity index is 1.40. The molecule has 0 fully saturated rings. The molecule has 5 rings (SSSR count). The number of nitrogens with one attached hydrogen (secondary N) is 2. The molecule has 0 radical (unpaired) electrons. The van der Waals surface area contributed by atoms with Crippen LogP contribution in [0.15, 0.2) is 79.3 Å². The molecule has 2 N–H and O–H groups in total. The number of H-pyrrole nitrogens is 1. The van der Waals surface area contributed by atoms with Gasteiger partial charge in [0, 0.05) is 17.4 Å². The predicted molar refractivity (Wildman–Crippen MR) is 131 cm³/mol. The first-order valence-corrected chi connectivity index (χ1v) is 10.8. The Hall–Kier alpha value is -4.19. The SMILES string of the molecule is CC(C)(C)c1ccc(NC(=O)c2cccc3cc(Oc4ncnc5[nH]ccc45)ccc23)cc1. The Labute approximate surface area is 191 Å². The highest BCUT2D eigenvalue weighted by Crippen LogP contribution is 2.30. The van der Waals surface area contributed by atoms with Crippen LogP contribution in [0, 0.1) is 0 Å². The molecule has 0 unspecified atom stereocenters. The van der Waals surface area contributed by atoms with Crippen LogP contribution in [0.5, 0.6) is 11.6 Å². The van der Waals surface area contributed by atoms with Crippen molar-refractivity contribution in [3.63, 3.8) is 0 Å². The standard InChI is InChI=1S/C27H24N4O2/c1-27(2,3)18-7-9-19(10-8-18)31-25(32)22-6-4-5-17-15-20(11-12-21(17)22)33-26-23-13-14-28-24(23)29-16-30-26/h4-16H,1-3H3,(H,31,32)(H,28,29,30). The summed E-state index contributed by atoms with van der Waals surface area (Å²) in [6.45, 7) is 6.50. The zero-order valence-corrected chi connectivity index (χ0v) is 18.7. The first-order valence-electron chi connectivity index (χ1n) is 10.8. The van der Waals surface area contributed by atoms with Crippen LogP contribution < -0.4 is 10.1 Å². The number of hydrogen-bond donors (Lipinski definition) is 2. The number of aromatic nitrogens is 3. The van der Waals surface area contributed by atoms with Gasteiger partial charge in [-0.1, -0.05) is 45.0 Å². The summed E-state index contributed by atoms with van der Waals surface area (Å²) in [6.07, 6.45) is 3.26. The summed E-state index contributed by atoms with van der Waals surface area (Å²) in [6, 6.07) is 21.2. The molecule has 0 bridgehead atoms. The Bertz CT molecular complexity index is 1460. The fourth-order valence-corrected chi connectivity index (χ4v) is 3.82. The summed E-state index contributed by atoms with van der Waals surface area (Å²) < 4.78 is 6.02. The summed E-state index contributed by atoms with van der Waals surface area (Å²) in [5.74, 6) is 0.967. The predicted octanol–water partition coefficient (Wildman–Crippen LogP) is 6.45. The van der Waals surface area contributed by atoms with Gasteiger partial charge in [-0.05, 0) is 64.2 Å². The van der Waals surface area contributed by atoms with E-state index < -0.39 is 0 Å². The second kappa shape index (κ2) is 8.06. The van der Waals surface area contributed by atoms with E-state index in [0.29, 0.717) is 17.2 Å². The van der Waals surface area contributed by atoms with Crippen molar-refractivity contribution in [2.24, 2.45) is 0 Å². The van der Waals surface area contributed by atoms with E-state index >= 15 is 0 Å². The summed E-state index contributed by atoms with van der Waals surface area (Å²) in [5, 5.41) is 5.57. The van der Waals surface area contributed by atoms with Crippen molar-refractivity contribution >= 4 is 33.4 Å². The monoisotopic (exact) mass is 436 g/mol. The number of ether oxygens (including phenoxy) is 1. The highest BCUT2D eigenvalue weighted by Gasteiger charge is 2.15. The van der Waals surface area contributed by atoms with Gasteiger partial charge in [0.05, 0.1) is 5.39 Å². The van der Waals surface area contributed by atoms with Crippen molar-refractivity contribution in [2.45, 2.75) is 26.2 Å².